The van der Waals surface area contributed by atoms with Crippen LogP contribution in [0.15, 0.2) is 90.5 Å². The van der Waals surface area contributed by atoms with E-state index in [1.807, 2.05) is 66.7 Å². The Labute approximate surface area is 229 Å². The molecule has 0 spiro atoms. The van der Waals surface area contributed by atoms with Crippen LogP contribution in [-0.4, -0.2) is 36.1 Å². The summed E-state index contributed by atoms with van der Waals surface area (Å²) in [5.74, 6) is -0.498. The summed E-state index contributed by atoms with van der Waals surface area (Å²) in [5, 5.41) is 8.70. The SMILES string of the molecule is CCCCN1C(=O)N[C@@H](c2cccc(NC(=O)NCc3ccccc3)c2)C(C(=O)OCC)=C1c1ccccc1. The van der Waals surface area contributed by atoms with Gasteiger partial charge in [0, 0.05) is 18.8 Å². The lowest BCUT2D eigenvalue weighted by Crippen LogP contribution is -2.48. The van der Waals surface area contributed by atoms with Gasteiger partial charge in [-0.1, -0.05) is 86.1 Å². The zero-order valence-corrected chi connectivity index (χ0v) is 22.3. The van der Waals surface area contributed by atoms with Gasteiger partial charge >= 0.3 is 18.0 Å². The molecule has 1 heterocycles. The Morgan fingerprint density at radius 3 is 2.36 bits per heavy atom. The standard InChI is InChI=1S/C31H34N4O4/c1-3-5-19-35-28(23-15-10-7-11-16-23)26(29(36)39-4-2)27(34-31(35)38)24-17-12-18-25(20-24)33-30(37)32-21-22-13-8-6-9-14-22/h6-18,20,27H,3-5,19,21H2,1-2H3,(H,34,38)(H2,32,33,37)/t27-/m0/s1. The van der Waals surface area contributed by atoms with E-state index in [-0.39, 0.29) is 18.7 Å². The maximum absolute atomic E-state index is 13.4. The zero-order chi connectivity index (χ0) is 27.6. The highest BCUT2D eigenvalue weighted by Crippen LogP contribution is 2.37. The van der Waals surface area contributed by atoms with E-state index in [1.165, 1.54) is 0 Å². The number of urea groups is 2. The number of anilines is 1. The molecule has 0 fully saturated rings. The Morgan fingerprint density at radius 1 is 0.949 bits per heavy atom. The number of esters is 1. The first-order chi connectivity index (χ1) is 19.0. The topological polar surface area (TPSA) is 99.8 Å². The third-order valence-corrected chi connectivity index (χ3v) is 6.38. The Kier molecular flexibility index (Phi) is 9.34. The lowest BCUT2D eigenvalue weighted by atomic mass is 9.91. The zero-order valence-electron chi connectivity index (χ0n) is 22.3. The molecule has 0 aliphatic carbocycles. The highest BCUT2D eigenvalue weighted by molar-refractivity contribution is 6.04. The van der Waals surface area contributed by atoms with Crippen molar-refractivity contribution in [2.45, 2.75) is 39.3 Å². The first-order valence-corrected chi connectivity index (χ1v) is 13.2. The number of benzene rings is 3. The predicted octanol–water partition coefficient (Wildman–Crippen LogP) is 5.85. The number of nitrogens with one attached hydrogen (secondary N) is 3. The third kappa shape index (κ3) is 6.84. The summed E-state index contributed by atoms with van der Waals surface area (Å²) in [6.45, 7) is 4.85. The number of carbonyl (C=O) groups excluding carboxylic acids is 3. The van der Waals surface area contributed by atoms with Gasteiger partial charge in [0.2, 0.25) is 0 Å². The van der Waals surface area contributed by atoms with E-state index in [0.717, 1.165) is 24.0 Å². The number of unbranched alkanes of at least 4 members (excludes halogenated alkanes) is 1. The Morgan fingerprint density at radius 2 is 1.67 bits per heavy atom. The van der Waals surface area contributed by atoms with Crippen LogP contribution in [0.25, 0.3) is 5.70 Å². The Hall–Kier alpha value is -4.59. The Bertz CT molecular complexity index is 1320. The minimum Gasteiger partial charge on any atom is -0.463 e. The van der Waals surface area contributed by atoms with Crippen LogP contribution in [0.2, 0.25) is 0 Å². The fraction of sp³-hybridized carbons (Fsp3) is 0.258. The number of hydrogen-bond acceptors (Lipinski definition) is 4. The van der Waals surface area contributed by atoms with E-state index in [1.54, 1.807) is 30.0 Å². The minimum absolute atomic E-state index is 0.198. The largest absolute Gasteiger partial charge is 0.463 e. The molecule has 4 rings (SSSR count). The van der Waals surface area contributed by atoms with Crippen molar-refractivity contribution >= 4 is 29.4 Å². The fourth-order valence-corrected chi connectivity index (χ4v) is 4.52. The molecular formula is C31H34N4O4. The number of ether oxygens (including phenoxy) is 1. The molecule has 4 amide bonds. The van der Waals surface area contributed by atoms with Crippen LogP contribution in [0.1, 0.15) is 49.4 Å². The van der Waals surface area contributed by atoms with Gasteiger partial charge in [-0.05, 0) is 42.2 Å². The molecule has 0 saturated heterocycles. The first-order valence-electron chi connectivity index (χ1n) is 13.2. The molecule has 202 valence electrons. The predicted molar refractivity (Wildman–Crippen MR) is 152 cm³/mol. The number of nitrogens with zero attached hydrogens (tertiary/aromatic N) is 1. The highest BCUT2D eigenvalue weighted by atomic mass is 16.5. The fourth-order valence-electron chi connectivity index (χ4n) is 4.52. The second-order valence-electron chi connectivity index (χ2n) is 9.16. The van der Waals surface area contributed by atoms with Gasteiger partial charge in [0.25, 0.3) is 0 Å². The van der Waals surface area contributed by atoms with Crippen molar-refractivity contribution in [2.24, 2.45) is 0 Å². The molecule has 8 nitrogen and oxygen atoms in total. The van der Waals surface area contributed by atoms with Gasteiger partial charge in [0.15, 0.2) is 0 Å². The normalized spacial score (nSPS) is 15.0. The summed E-state index contributed by atoms with van der Waals surface area (Å²) in [5.41, 5.74) is 3.81. The molecule has 8 heteroatoms. The summed E-state index contributed by atoms with van der Waals surface area (Å²) < 4.78 is 5.49. The van der Waals surface area contributed by atoms with Crippen LogP contribution < -0.4 is 16.0 Å². The number of rotatable bonds is 10. The minimum atomic E-state index is -0.765. The first kappa shape index (κ1) is 27.4. The van der Waals surface area contributed by atoms with E-state index in [9.17, 15) is 14.4 Å². The van der Waals surface area contributed by atoms with E-state index >= 15 is 0 Å². The molecule has 0 saturated carbocycles. The summed E-state index contributed by atoms with van der Waals surface area (Å²) >= 11 is 0. The van der Waals surface area contributed by atoms with Crippen molar-refractivity contribution in [1.82, 2.24) is 15.5 Å². The number of amides is 4. The van der Waals surface area contributed by atoms with E-state index in [2.05, 4.69) is 22.9 Å². The van der Waals surface area contributed by atoms with Crippen molar-refractivity contribution in [3.8, 4) is 0 Å². The molecule has 3 N–H and O–H groups in total. The molecule has 0 bridgehead atoms. The molecule has 3 aromatic rings. The van der Waals surface area contributed by atoms with Crippen LogP contribution in [-0.2, 0) is 16.1 Å². The summed E-state index contributed by atoms with van der Waals surface area (Å²) in [6, 6.07) is 24.7. The van der Waals surface area contributed by atoms with Gasteiger partial charge in [-0.15, -0.1) is 0 Å². The summed E-state index contributed by atoms with van der Waals surface area (Å²) in [6.07, 6.45) is 1.67. The highest BCUT2D eigenvalue weighted by Gasteiger charge is 2.38. The monoisotopic (exact) mass is 526 g/mol. The summed E-state index contributed by atoms with van der Waals surface area (Å²) in [4.78, 5) is 41.1. The van der Waals surface area contributed by atoms with Crippen LogP contribution >= 0.6 is 0 Å². The van der Waals surface area contributed by atoms with Gasteiger partial charge in [-0.25, -0.2) is 14.4 Å². The van der Waals surface area contributed by atoms with E-state index in [4.69, 9.17) is 4.74 Å². The van der Waals surface area contributed by atoms with E-state index in [0.29, 0.717) is 35.6 Å². The lowest BCUT2D eigenvalue weighted by Gasteiger charge is -2.37. The molecule has 0 unspecified atom stereocenters. The average Bonchev–Trinajstić information content (AvgIpc) is 2.96. The van der Waals surface area contributed by atoms with Crippen molar-refractivity contribution in [3.63, 3.8) is 0 Å². The van der Waals surface area contributed by atoms with Crippen LogP contribution in [0, 0.1) is 0 Å². The van der Waals surface area contributed by atoms with Crippen molar-refractivity contribution in [1.29, 1.82) is 0 Å². The smallest absolute Gasteiger partial charge is 0.338 e. The maximum atomic E-state index is 13.4. The quantitative estimate of drug-likeness (QED) is 0.289. The van der Waals surface area contributed by atoms with Crippen molar-refractivity contribution in [2.75, 3.05) is 18.5 Å². The molecule has 0 aromatic heterocycles. The van der Waals surface area contributed by atoms with Crippen molar-refractivity contribution < 1.29 is 19.1 Å². The van der Waals surface area contributed by atoms with Gasteiger partial charge in [0.05, 0.1) is 23.9 Å². The molecule has 3 aromatic carbocycles. The second-order valence-corrected chi connectivity index (χ2v) is 9.16. The molecule has 0 radical (unpaired) electrons. The molecule has 1 aliphatic heterocycles. The number of carbonyl (C=O) groups is 3. The van der Waals surface area contributed by atoms with Gasteiger partial charge in [0.1, 0.15) is 0 Å². The maximum Gasteiger partial charge on any atom is 0.338 e. The molecule has 1 aliphatic rings. The summed E-state index contributed by atoms with van der Waals surface area (Å²) in [7, 11) is 0. The molecule has 1 atom stereocenters. The third-order valence-electron chi connectivity index (χ3n) is 6.38. The second kappa shape index (κ2) is 13.3. The average molecular weight is 527 g/mol. The van der Waals surface area contributed by atoms with Crippen LogP contribution in [0.5, 0.6) is 0 Å². The van der Waals surface area contributed by atoms with Gasteiger partial charge < -0.3 is 20.7 Å². The van der Waals surface area contributed by atoms with Crippen molar-refractivity contribution in [3.05, 3.63) is 107 Å². The molecular weight excluding hydrogens is 492 g/mol. The van der Waals surface area contributed by atoms with Gasteiger partial charge in [-0.3, -0.25) is 4.90 Å². The van der Waals surface area contributed by atoms with Crippen LogP contribution in [0.3, 0.4) is 0 Å². The lowest BCUT2D eigenvalue weighted by molar-refractivity contribution is -0.138. The van der Waals surface area contributed by atoms with Gasteiger partial charge in [-0.2, -0.15) is 0 Å². The van der Waals surface area contributed by atoms with Crippen LogP contribution in [0.4, 0.5) is 15.3 Å². The number of hydrogen-bond donors (Lipinski definition) is 3. The van der Waals surface area contributed by atoms with E-state index < -0.39 is 12.0 Å². The molecule has 39 heavy (non-hydrogen) atoms. The Balaban J connectivity index is 1.68.